The molecule has 5 heteroatoms. The lowest BCUT2D eigenvalue weighted by molar-refractivity contribution is 0.131. The molecule has 5 nitrogen and oxygen atoms in total. The molecule has 0 saturated carbocycles. The van der Waals surface area contributed by atoms with Crippen molar-refractivity contribution in [1.82, 2.24) is 14.6 Å². The Balaban J connectivity index is 1.94. The summed E-state index contributed by atoms with van der Waals surface area (Å²) in [5.41, 5.74) is 7.00. The van der Waals surface area contributed by atoms with Crippen LogP contribution in [0, 0.1) is 6.92 Å². The predicted molar refractivity (Wildman–Crippen MR) is 110 cm³/mol. The zero-order valence-corrected chi connectivity index (χ0v) is 16.3. The van der Waals surface area contributed by atoms with Crippen LogP contribution in [0.25, 0.3) is 28.0 Å². The Kier molecular flexibility index (Phi) is 5.08. The van der Waals surface area contributed by atoms with Crippen LogP contribution in [0.3, 0.4) is 0 Å². The highest BCUT2D eigenvalue weighted by Gasteiger charge is 2.18. The molecule has 0 fully saturated rings. The average molecular weight is 373 g/mol. The zero-order valence-electron chi connectivity index (χ0n) is 16.3. The van der Waals surface area contributed by atoms with Crippen molar-refractivity contribution in [3.05, 3.63) is 72.1 Å². The summed E-state index contributed by atoms with van der Waals surface area (Å²) in [6.07, 6.45) is 1.83. The summed E-state index contributed by atoms with van der Waals surface area (Å²) >= 11 is 0. The summed E-state index contributed by atoms with van der Waals surface area (Å²) in [6, 6.07) is 18.4. The van der Waals surface area contributed by atoms with Crippen LogP contribution in [-0.4, -0.2) is 28.3 Å². The molecule has 0 aliphatic rings. The molecule has 0 atom stereocenters. The van der Waals surface area contributed by atoms with E-state index in [1.807, 2.05) is 48.0 Å². The van der Waals surface area contributed by atoms with E-state index in [0.29, 0.717) is 13.2 Å². The monoisotopic (exact) mass is 373 g/mol. The van der Waals surface area contributed by atoms with Crippen LogP contribution in [-0.2, 0) is 11.3 Å². The fourth-order valence-corrected chi connectivity index (χ4v) is 3.31. The lowest BCUT2D eigenvalue weighted by Crippen LogP contribution is -1.97. The summed E-state index contributed by atoms with van der Waals surface area (Å²) in [4.78, 5) is 4.65. The fraction of sp³-hybridized carbons (Fsp3) is 0.217. The SMILES string of the molecule is CCOCc1nn2c(-c3cccc(OC)c3)ccnc2c1-c1ccc(C)cc1. The zero-order chi connectivity index (χ0) is 19.5. The van der Waals surface area contributed by atoms with E-state index < -0.39 is 0 Å². The molecule has 4 rings (SSSR count). The topological polar surface area (TPSA) is 48.7 Å². The minimum absolute atomic E-state index is 0.445. The molecule has 0 bridgehead atoms. The normalized spacial score (nSPS) is 11.1. The number of fused-ring (bicyclic) bond motifs is 1. The van der Waals surface area contributed by atoms with E-state index in [0.717, 1.165) is 39.5 Å². The average Bonchev–Trinajstić information content (AvgIpc) is 3.11. The van der Waals surface area contributed by atoms with E-state index >= 15 is 0 Å². The third-order valence-electron chi connectivity index (χ3n) is 4.74. The third kappa shape index (κ3) is 3.37. The molecule has 4 aromatic rings. The van der Waals surface area contributed by atoms with Crippen molar-refractivity contribution in [3.8, 4) is 28.1 Å². The van der Waals surface area contributed by atoms with E-state index in [4.69, 9.17) is 14.6 Å². The minimum atomic E-state index is 0.445. The van der Waals surface area contributed by atoms with Crippen molar-refractivity contribution in [3.63, 3.8) is 0 Å². The van der Waals surface area contributed by atoms with Crippen LogP contribution in [0.2, 0.25) is 0 Å². The summed E-state index contributed by atoms with van der Waals surface area (Å²) in [5.74, 6) is 0.808. The van der Waals surface area contributed by atoms with Gasteiger partial charge < -0.3 is 9.47 Å². The number of hydrogen-bond acceptors (Lipinski definition) is 4. The molecule has 0 amide bonds. The van der Waals surface area contributed by atoms with Crippen molar-refractivity contribution in [2.75, 3.05) is 13.7 Å². The molecule has 2 aromatic heterocycles. The van der Waals surface area contributed by atoms with Crippen molar-refractivity contribution >= 4 is 5.65 Å². The van der Waals surface area contributed by atoms with Gasteiger partial charge in [-0.3, -0.25) is 0 Å². The highest BCUT2D eigenvalue weighted by atomic mass is 16.5. The van der Waals surface area contributed by atoms with Crippen LogP contribution in [0.4, 0.5) is 0 Å². The van der Waals surface area contributed by atoms with Gasteiger partial charge in [-0.2, -0.15) is 5.10 Å². The lowest BCUT2D eigenvalue weighted by atomic mass is 10.0. The van der Waals surface area contributed by atoms with Gasteiger partial charge in [-0.25, -0.2) is 9.50 Å². The molecular formula is C23H23N3O2. The molecule has 0 saturated heterocycles. The van der Waals surface area contributed by atoms with E-state index in [9.17, 15) is 0 Å². The standard InChI is InChI=1S/C23H23N3O2/c1-4-28-15-20-22(17-10-8-16(2)9-11-17)23-24-13-12-21(26(23)25-20)18-6-5-7-19(14-18)27-3/h5-14H,4,15H2,1-3H3. The molecule has 0 N–H and O–H groups in total. The van der Waals surface area contributed by atoms with Gasteiger partial charge in [0.05, 0.1) is 30.7 Å². The Bertz CT molecular complexity index is 1100. The molecule has 0 aliphatic carbocycles. The number of hydrogen-bond donors (Lipinski definition) is 0. The molecule has 0 radical (unpaired) electrons. The number of ether oxygens (including phenoxy) is 2. The number of methoxy groups -OCH3 is 1. The van der Waals surface area contributed by atoms with Gasteiger partial charge in [-0.15, -0.1) is 0 Å². The van der Waals surface area contributed by atoms with E-state index in [-0.39, 0.29) is 0 Å². The first-order valence-corrected chi connectivity index (χ1v) is 9.37. The minimum Gasteiger partial charge on any atom is -0.497 e. The van der Waals surface area contributed by atoms with Crippen molar-refractivity contribution in [2.24, 2.45) is 0 Å². The van der Waals surface area contributed by atoms with Gasteiger partial charge in [0, 0.05) is 18.4 Å². The fourth-order valence-electron chi connectivity index (χ4n) is 3.31. The first-order valence-electron chi connectivity index (χ1n) is 9.37. The van der Waals surface area contributed by atoms with Crippen LogP contribution < -0.4 is 4.74 Å². The maximum absolute atomic E-state index is 5.69. The van der Waals surface area contributed by atoms with Gasteiger partial charge >= 0.3 is 0 Å². The first kappa shape index (κ1) is 18.2. The number of benzene rings is 2. The van der Waals surface area contributed by atoms with E-state index in [1.165, 1.54) is 5.56 Å². The van der Waals surface area contributed by atoms with Gasteiger partial charge in [0.15, 0.2) is 5.65 Å². The summed E-state index contributed by atoms with van der Waals surface area (Å²) in [5, 5.41) is 4.87. The summed E-state index contributed by atoms with van der Waals surface area (Å²) in [7, 11) is 1.67. The number of rotatable bonds is 6. The van der Waals surface area contributed by atoms with Gasteiger partial charge in [0.25, 0.3) is 0 Å². The summed E-state index contributed by atoms with van der Waals surface area (Å²) in [6.45, 7) is 5.15. The predicted octanol–water partition coefficient (Wildman–Crippen LogP) is 4.92. The van der Waals surface area contributed by atoms with Crippen LogP contribution >= 0.6 is 0 Å². The van der Waals surface area contributed by atoms with Crippen LogP contribution in [0.5, 0.6) is 5.75 Å². The number of aryl methyl sites for hydroxylation is 1. The highest BCUT2D eigenvalue weighted by Crippen LogP contribution is 2.32. The van der Waals surface area contributed by atoms with Crippen molar-refractivity contribution in [1.29, 1.82) is 0 Å². The van der Waals surface area contributed by atoms with Gasteiger partial charge in [0.2, 0.25) is 0 Å². The first-order chi connectivity index (χ1) is 13.7. The number of nitrogens with zero attached hydrogens (tertiary/aromatic N) is 3. The van der Waals surface area contributed by atoms with Gasteiger partial charge in [-0.05, 0) is 37.6 Å². The Morgan fingerprint density at radius 2 is 1.82 bits per heavy atom. The second-order valence-corrected chi connectivity index (χ2v) is 6.62. The van der Waals surface area contributed by atoms with E-state index in [1.54, 1.807) is 7.11 Å². The molecule has 142 valence electrons. The van der Waals surface area contributed by atoms with Crippen molar-refractivity contribution < 1.29 is 9.47 Å². The molecule has 0 spiro atoms. The van der Waals surface area contributed by atoms with Gasteiger partial charge in [-0.1, -0.05) is 42.0 Å². The molecular weight excluding hydrogens is 350 g/mol. The second kappa shape index (κ2) is 7.82. The Morgan fingerprint density at radius 1 is 1.00 bits per heavy atom. The molecule has 28 heavy (non-hydrogen) atoms. The maximum Gasteiger partial charge on any atom is 0.163 e. The van der Waals surface area contributed by atoms with Crippen molar-refractivity contribution in [2.45, 2.75) is 20.5 Å². The van der Waals surface area contributed by atoms with Crippen LogP contribution in [0.1, 0.15) is 18.2 Å². The third-order valence-corrected chi connectivity index (χ3v) is 4.74. The Labute approximate surface area is 164 Å². The Hall–Kier alpha value is -3.18. The summed E-state index contributed by atoms with van der Waals surface area (Å²) < 4.78 is 13.0. The van der Waals surface area contributed by atoms with E-state index in [2.05, 4.69) is 36.2 Å². The smallest absolute Gasteiger partial charge is 0.163 e. The highest BCUT2D eigenvalue weighted by molar-refractivity contribution is 5.81. The largest absolute Gasteiger partial charge is 0.497 e. The molecule has 0 aliphatic heterocycles. The van der Waals surface area contributed by atoms with Gasteiger partial charge in [0.1, 0.15) is 5.75 Å². The second-order valence-electron chi connectivity index (χ2n) is 6.62. The number of aromatic nitrogens is 3. The molecule has 2 aromatic carbocycles. The molecule has 2 heterocycles. The molecule has 0 unspecified atom stereocenters. The maximum atomic E-state index is 5.69. The Morgan fingerprint density at radius 3 is 2.57 bits per heavy atom. The quantitative estimate of drug-likeness (QED) is 0.481. The lowest BCUT2D eigenvalue weighted by Gasteiger charge is -2.07. The van der Waals surface area contributed by atoms with Crippen LogP contribution in [0.15, 0.2) is 60.8 Å².